The molecule has 0 amide bonds. The van der Waals surface area contributed by atoms with E-state index >= 15 is 0 Å². The van der Waals surface area contributed by atoms with Crippen LogP contribution in [0.1, 0.15) is 36.6 Å². The van der Waals surface area contributed by atoms with Crippen molar-refractivity contribution in [1.29, 1.82) is 0 Å². The van der Waals surface area contributed by atoms with Crippen LogP contribution in [0.15, 0.2) is 35.3 Å². The Morgan fingerprint density at radius 2 is 2.21 bits per heavy atom. The molecule has 1 unspecified atom stereocenters. The average molecular weight is 350 g/mol. The minimum atomic E-state index is -3.11. The van der Waals surface area contributed by atoms with E-state index in [1.807, 2.05) is 23.0 Å². The van der Waals surface area contributed by atoms with Crippen LogP contribution in [-0.4, -0.2) is 41.4 Å². The van der Waals surface area contributed by atoms with Gasteiger partial charge in [-0.1, -0.05) is 0 Å². The van der Waals surface area contributed by atoms with E-state index < -0.39 is 10.0 Å². The van der Waals surface area contributed by atoms with Crippen LogP contribution in [0.2, 0.25) is 0 Å². The lowest BCUT2D eigenvalue weighted by atomic mass is 10.1. The molecule has 0 bridgehead atoms. The van der Waals surface area contributed by atoms with Gasteiger partial charge in [0, 0.05) is 37.9 Å². The van der Waals surface area contributed by atoms with Crippen molar-refractivity contribution in [3.05, 3.63) is 42.1 Å². The van der Waals surface area contributed by atoms with Crippen LogP contribution in [-0.2, 0) is 23.1 Å². The van der Waals surface area contributed by atoms with Gasteiger partial charge in [-0.25, -0.2) is 13.1 Å². The zero-order valence-corrected chi connectivity index (χ0v) is 14.3. The van der Waals surface area contributed by atoms with Crippen molar-refractivity contribution in [3.8, 4) is 0 Å². The third kappa shape index (κ3) is 3.40. The van der Waals surface area contributed by atoms with Gasteiger partial charge < -0.3 is 4.42 Å². The summed E-state index contributed by atoms with van der Waals surface area (Å²) in [5.41, 5.74) is 2.32. The molecule has 1 aliphatic carbocycles. The molecule has 4 rings (SSSR count). The molecule has 1 atom stereocenters. The lowest BCUT2D eigenvalue weighted by Crippen LogP contribution is -2.39. The Hall–Kier alpha value is -1.64. The van der Waals surface area contributed by atoms with Crippen LogP contribution >= 0.6 is 0 Å². The summed E-state index contributed by atoms with van der Waals surface area (Å²) in [7, 11) is -3.11. The Balaban J connectivity index is 1.39. The predicted octanol–water partition coefficient (Wildman–Crippen LogP) is 1.50. The number of hydrogen-bond acceptors (Lipinski definition) is 5. The summed E-state index contributed by atoms with van der Waals surface area (Å²) in [4.78, 5) is 2.35. The molecule has 24 heavy (non-hydrogen) atoms. The topological polar surface area (TPSA) is 80.4 Å². The fourth-order valence-corrected chi connectivity index (χ4v) is 4.70. The highest BCUT2D eigenvalue weighted by atomic mass is 32.2. The predicted molar refractivity (Wildman–Crippen MR) is 88.6 cm³/mol. The normalized spacial score (nSPS) is 21.8. The molecule has 1 N–H and O–H groups in total. The van der Waals surface area contributed by atoms with Crippen LogP contribution in [0.3, 0.4) is 0 Å². The summed E-state index contributed by atoms with van der Waals surface area (Å²) in [6.45, 7) is 2.98. The maximum Gasteiger partial charge on any atom is 0.214 e. The minimum Gasteiger partial charge on any atom is -0.472 e. The van der Waals surface area contributed by atoms with Crippen molar-refractivity contribution < 1.29 is 12.8 Å². The molecule has 7 nitrogen and oxygen atoms in total. The summed E-state index contributed by atoms with van der Waals surface area (Å²) in [5, 5.41) is 4.26. The van der Waals surface area contributed by atoms with Gasteiger partial charge in [-0.05, 0) is 31.4 Å². The molecule has 8 heteroatoms. The molecule has 0 saturated heterocycles. The third-order valence-electron chi connectivity index (χ3n) is 4.68. The van der Waals surface area contributed by atoms with Crippen LogP contribution in [0.5, 0.6) is 0 Å². The van der Waals surface area contributed by atoms with Gasteiger partial charge in [-0.3, -0.25) is 9.58 Å². The number of rotatable bonds is 7. The van der Waals surface area contributed by atoms with Crippen molar-refractivity contribution in [2.75, 3.05) is 13.1 Å². The first-order valence-corrected chi connectivity index (χ1v) is 9.91. The first kappa shape index (κ1) is 15.9. The van der Waals surface area contributed by atoms with Crippen LogP contribution in [0, 0.1) is 0 Å². The third-order valence-corrected chi connectivity index (χ3v) is 6.64. The quantitative estimate of drug-likeness (QED) is 0.819. The Morgan fingerprint density at radius 3 is 2.96 bits per heavy atom. The SMILES string of the molecule is O=S(=O)(NCCC1CN(Cc2ccoc2)Cc2ccnn21)C1CC1. The highest BCUT2D eigenvalue weighted by molar-refractivity contribution is 7.90. The zero-order chi connectivity index (χ0) is 16.6. The van der Waals surface area contributed by atoms with E-state index in [1.54, 1.807) is 12.5 Å². The molecule has 0 radical (unpaired) electrons. The van der Waals surface area contributed by atoms with Crippen LogP contribution in [0.25, 0.3) is 0 Å². The molecule has 0 spiro atoms. The molecular weight excluding hydrogens is 328 g/mol. The molecule has 1 saturated carbocycles. The minimum absolute atomic E-state index is 0.165. The summed E-state index contributed by atoms with van der Waals surface area (Å²) in [5.74, 6) is 0. The lowest BCUT2D eigenvalue weighted by molar-refractivity contribution is 0.162. The molecular formula is C16H22N4O3S. The smallest absolute Gasteiger partial charge is 0.214 e. The van der Waals surface area contributed by atoms with Gasteiger partial charge >= 0.3 is 0 Å². The number of nitrogens with one attached hydrogen (secondary N) is 1. The monoisotopic (exact) mass is 350 g/mol. The molecule has 1 aliphatic heterocycles. The number of hydrogen-bond donors (Lipinski definition) is 1. The number of fused-ring (bicyclic) bond motifs is 1. The van der Waals surface area contributed by atoms with E-state index in [-0.39, 0.29) is 11.3 Å². The van der Waals surface area contributed by atoms with Crippen molar-refractivity contribution in [2.45, 2.75) is 43.6 Å². The second-order valence-corrected chi connectivity index (χ2v) is 8.69. The molecule has 3 heterocycles. The molecule has 2 aromatic heterocycles. The number of furan rings is 1. The first-order valence-electron chi connectivity index (χ1n) is 8.36. The highest BCUT2D eigenvalue weighted by Crippen LogP contribution is 2.28. The summed E-state index contributed by atoms with van der Waals surface area (Å²) in [6.07, 6.45) is 7.60. The Kier molecular flexibility index (Phi) is 4.19. The van der Waals surface area contributed by atoms with E-state index in [1.165, 1.54) is 5.69 Å². The van der Waals surface area contributed by atoms with Crippen LogP contribution in [0.4, 0.5) is 0 Å². The maximum atomic E-state index is 12.0. The van der Waals surface area contributed by atoms with Crippen molar-refractivity contribution in [1.82, 2.24) is 19.4 Å². The first-order chi connectivity index (χ1) is 11.6. The van der Waals surface area contributed by atoms with Gasteiger partial charge in [0.15, 0.2) is 0 Å². The highest BCUT2D eigenvalue weighted by Gasteiger charge is 2.35. The Bertz CT molecular complexity index is 780. The van der Waals surface area contributed by atoms with Crippen molar-refractivity contribution in [2.24, 2.45) is 0 Å². The van der Waals surface area contributed by atoms with Gasteiger partial charge in [-0.15, -0.1) is 0 Å². The second kappa shape index (κ2) is 6.34. The van der Waals surface area contributed by atoms with E-state index in [9.17, 15) is 8.42 Å². The average Bonchev–Trinajstić information content (AvgIpc) is 3.11. The van der Waals surface area contributed by atoms with Crippen molar-refractivity contribution >= 4 is 10.0 Å². The molecule has 2 aromatic rings. The Morgan fingerprint density at radius 1 is 1.33 bits per heavy atom. The number of aromatic nitrogens is 2. The summed E-state index contributed by atoms with van der Waals surface area (Å²) >= 11 is 0. The largest absolute Gasteiger partial charge is 0.472 e. The van der Waals surface area contributed by atoms with E-state index in [4.69, 9.17) is 4.42 Å². The standard InChI is InChI=1S/C16H22N4O3S/c21-24(22,16-1-2-16)18-7-4-15-11-19(9-13-5-8-23-12-13)10-14-3-6-17-20(14)15/h3,5-6,8,12,15-16,18H,1-2,4,7,9-11H2. The van der Waals surface area contributed by atoms with Gasteiger partial charge in [0.2, 0.25) is 10.0 Å². The molecule has 2 aliphatic rings. The van der Waals surface area contributed by atoms with Gasteiger partial charge in [0.25, 0.3) is 0 Å². The summed E-state index contributed by atoms with van der Waals surface area (Å²) < 4.78 is 33.8. The van der Waals surface area contributed by atoms with E-state index in [0.29, 0.717) is 6.54 Å². The Labute approximate surface area is 141 Å². The van der Waals surface area contributed by atoms with Gasteiger partial charge in [-0.2, -0.15) is 5.10 Å². The number of nitrogens with zero attached hydrogens (tertiary/aromatic N) is 3. The second-order valence-electron chi connectivity index (χ2n) is 6.65. The van der Waals surface area contributed by atoms with E-state index in [2.05, 4.69) is 14.7 Å². The molecule has 130 valence electrons. The van der Waals surface area contributed by atoms with Gasteiger partial charge in [0.1, 0.15) is 0 Å². The summed E-state index contributed by atoms with van der Waals surface area (Å²) in [6, 6.07) is 4.19. The number of sulfonamides is 1. The molecule has 1 fully saturated rings. The lowest BCUT2D eigenvalue weighted by Gasteiger charge is -2.33. The molecule has 0 aromatic carbocycles. The fourth-order valence-electron chi connectivity index (χ4n) is 3.30. The maximum absolute atomic E-state index is 12.0. The van der Waals surface area contributed by atoms with Gasteiger partial charge in [0.05, 0.1) is 29.5 Å². The zero-order valence-electron chi connectivity index (χ0n) is 13.5. The fraction of sp³-hybridized carbons (Fsp3) is 0.562. The van der Waals surface area contributed by atoms with Crippen molar-refractivity contribution in [3.63, 3.8) is 0 Å². The van der Waals surface area contributed by atoms with Crippen LogP contribution < -0.4 is 4.72 Å². The van der Waals surface area contributed by atoms with E-state index in [0.717, 1.165) is 44.5 Å².